The number of fused-ring (bicyclic) bond motifs is 3. The summed E-state index contributed by atoms with van der Waals surface area (Å²) in [6.45, 7) is 7.80. The van der Waals surface area contributed by atoms with Crippen LogP contribution in [0.1, 0.15) is 35.7 Å². The molecular formula is C44H47BrN6O5Si. The molecule has 4 atom stereocenters. The number of para-hydroxylation sites is 1. The average molecular weight is 848 g/mol. The Kier molecular flexibility index (Phi) is 10.7. The molecule has 0 aliphatic carbocycles. The van der Waals surface area contributed by atoms with Crippen LogP contribution in [-0.4, -0.2) is 64.8 Å². The number of halogens is 1. The van der Waals surface area contributed by atoms with Gasteiger partial charge >= 0.3 is 0 Å². The predicted molar refractivity (Wildman–Crippen MR) is 227 cm³/mol. The van der Waals surface area contributed by atoms with Crippen molar-refractivity contribution in [3.05, 3.63) is 130 Å². The summed E-state index contributed by atoms with van der Waals surface area (Å²) in [5, 5.41) is 23.4. The number of carbonyl (C=O) groups is 2. The molecule has 294 valence electrons. The van der Waals surface area contributed by atoms with E-state index in [9.17, 15) is 9.90 Å². The van der Waals surface area contributed by atoms with Gasteiger partial charge in [-0.2, -0.15) is 0 Å². The highest BCUT2D eigenvalue weighted by molar-refractivity contribution is 9.10. The van der Waals surface area contributed by atoms with Gasteiger partial charge in [0.2, 0.25) is 5.91 Å². The summed E-state index contributed by atoms with van der Waals surface area (Å²) in [5.41, 5.74) is 4.72. The van der Waals surface area contributed by atoms with Gasteiger partial charge in [-0.25, -0.2) is 0 Å². The molecule has 8 rings (SSSR count). The average Bonchev–Trinajstić information content (AvgIpc) is 3.96. The molecule has 57 heavy (non-hydrogen) atoms. The lowest BCUT2D eigenvalue weighted by atomic mass is 9.82. The zero-order valence-electron chi connectivity index (χ0n) is 32.5. The van der Waals surface area contributed by atoms with Gasteiger partial charge < -0.3 is 29.8 Å². The molecule has 2 aliphatic heterocycles. The number of rotatable bonds is 13. The summed E-state index contributed by atoms with van der Waals surface area (Å²) in [4.78, 5) is 33.7. The standard InChI is InChI=1S/C44H47BrN6O5Si/c1-28-42(57(3,4)35-15-13-34(55-2)14-16-35)40(18-20-50-27-33(19-21-52)48-49-50)56-44(28)37-24-31(45)12-17-39(37)51(43(44)54)26-29-8-7-9-32(22-29)47-41(53)23-30-25-46-38-11-6-5-10-36(30)38/h5-17,22,24-25,27-28,40,42,46,52H,18-21,23,26H2,1-4H3,(H,47,53)/t28-,40+,42-,44+/m1/s1. The fourth-order valence-electron chi connectivity index (χ4n) is 9.24. The molecule has 0 unspecified atom stereocenters. The number of aryl methyl sites for hydroxylation is 1. The van der Waals surface area contributed by atoms with Crippen LogP contribution in [0.3, 0.4) is 0 Å². The Hall–Kier alpha value is -5.08. The molecule has 1 fully saturated rings. The Balaban J connectivity index is 1.09. The van der Waals surface area contributed by atoms with Crippen molar-refractivity contribution in [2.24, 2.45) is 5.92 Å². The predicted octanol–water partition coefficient (Wildman–Crippen LogP) is 7.10. The number of nitrogens with one attached hydrogen (secondary N) is 2. The van der Waals surface area contributed by atoms with Crippen molar-refractivity contribution in [2.75, 3.05) is 23.9 Å². The molecule has 6 aromatic rings. The number of nitrogens with zero attached hydrogens (tertiary/aromatic N) is 4. The van der Waals surface area contributed by atoms with Crippen molar-refractivity contribution in [2.45, 2.75) is 69.6 Å². The summed E-state index contributed by atoms with van der Waals surface area (Å²) < 4.78 is 15.5. The quantitative estimate of drug-likeness (QED) is 0.106. The van der Waals surface area contributed by atoms with E-state index < -0.39 is 13.7 Å². The fraction of sp³-hybridized carbons (Fsp3) is 0.318. The number of amides is 2. The number of H-pyrrole nitrogens is 1. The van der Waals surface area contributed by atoms with Crippen LogP contribution >= 0.6 is 15.9 Å². The number of benzene rings is 4. The molecule has 0 saturated carbocycles. The monoisotopic (exact) mass is 846 g/mol. The Morgan fingerprint density at radius 3 is 2.67 bits per heavy atom. The van der Waals surface area contributed by atoms with Crippen LogP contribution in [0.2, 0.25) is 18.6 Å². The van der Waals surface area contributed by atoms with E-state index >= 15 is 4.79 Å². The van der Waals surface area contributed by atoms with E-state index in [2.05, 4.69) is 68.7 Å². The molecule has 4 heterocycles. The highest BCUT2D eigenvalue weighted by atomic mass is 79.9. The first-order chi connectivity index (χ1) is 27.5. The number of aromatic nitrogens is 4. The van der Waals surface area contributed by atoms with Gasteiger partial charge in [-0.05, 0) is 71.6 Å². The van der Waals surface area contributed by atoms with Gasteiger partial charge in [0.1, 0.15) is 5.75 Å². The molecule has 13 heteroatoms. The zero-order chi connectivity index (χ0) is 39.9. The Labute approximate surface area is 341 Å². The number of carbonyl (C=O) groups excluding carboxylic acids is 2. The van der Waals surface area contributed by atoms with E-state index in [-0.39, 0.29) is 42.4 Å². The largest absolute Gasteiger partial charge is 0.497 e. The summed E-state index contributed by atoms with van der Waals surface area (Å²) in [7, 11) is -0.681. The number of hydrogen-bond acceptors (Lipinski definition) is 7. The highest BCUT2D eigenvalue weighted by Gasteiger charge is 2.66. The number of aromatic amines is 1. The summed E-state index contributed by atoms with van der Waals surface area (Å²) in [6, 6.07) is 30.0. The molecule has 2 aliphatic rings. The number of methoxy groups -OCH3 is 1. The van der Waals surface area contributed by atoms with Gasteiger partial charge in [-0.15, -0.1) is 5.10 Å². The van der Waals surface area contributed by atoms with Crippen LogP contribution < -0.4 is 20.1 Å². The summed E-state index contributed by atoms with van der Waals surface area (Å²) in [6.07, 6.45) is 4.80. The second-order valence-electron chi connectivity index (χ2n) is 15.7. The molecule has 1 spiro atoms. The van der Waals surface area contributed by atoms with Gasteiger partial charge in [0.25, 0.3) is 5.91 Å². The van der Waals surface area contributed by atoms with Crippen LogP contribution in [0, 0.1) is 5.92 Å². The highest BCUT2D eigenvalue weighted by Crippen LogP contribution is 2.60. The van der Waals surface area contributed by atoms with Gasteiger partial charge in [-0.3, -0.25) is 14.3 Å². The molecule has 2 aromatic heterocycles. The lowest BCUT2D eigenvalue weighted by molar-refractivity contribution is -0.146. The lowest BCUT2D eigenvalue weighted by Gasteiger charge is -2.37. The van der Waals surface area contributed by atoms with Crippen LogP contribution in [0.5, 0.6) is 5.75 Å². The van der Waals surface area contributed by atoms with Crippen molar-refractivity contribution < 1.29 is 24.2 Å². The van der Waals surface area contributed by atoms with E-state index in [0.717, 1.165) is 49.2 Å². The van der Waals surface area contributed by atoms with E-state index in [1.807, 2.05) is 101 Å². The van der Waals surface area contributed by atoms with E-state index in [1.165, 1.54) is 5.19 Å². The topological polar surface area (TPSA) is 135 Å². The van der Waals surface area contributed by atoms with Crippen molar-refractivity contribution in [1.82, 2.24) is 20.0 Å². The molecule has 11 nitrogen and oxygen atoms in total. The molecule has 0 radical (unpaired) electrons. The molecule has 3 N–H and O–H groups in total. The lowest BCUT2D eigenvalue weighted by Crippen LogP contribution is -2.51. The fourth-order valence-corrected chi connectivity index (χ4v) is 13.7. The molecule has 0 bridgehead atoms. The Morgan fingerprint density at radius 1 is 1.07 bits per heavy atom. The van der Waals surface area contributed by atoms with Crippen LogP contribution in [0.4, 0.5) is 11.4 Å². The maximum Gasteiger partial charge on any atom is 0.264 e. The van der Waals surface area contributed by atoms with Gasteiger partial charge in [0.15, 0.2) is 5.60 Å². The number of aliphatic hydroxyl groups excluding tert-OH is 1. The minimum atomic E-state index is -2.35. The van der Waals surface area contributed by atoms with Gasteiger partial charge in [0.05, 0.1) is 45.6 Å². The van der Waals surface area contributed by atoms with E-state index in [4.69, 9.17) is 9.47 Å². The van der Waals surface area contributed by atoms with Crippen LogP contribution in [-0.2, 0) is 45.9 Å². The first kappa shape index (κ1) is 38.8. The number of aliphatic hydroxyl groups is 1. The molecule has 2 amide bonds. The van der Waals surface area contributed by atoms with E-state index in [0.29, 0.717) is 31.6 Å². The van der Waals surface area contributed by atoms with Crippen molar-refractivity contribution in [3.63, 3.8) is 0 Å². The second-order valence-corrected chi connectivity index (χ2v) is 21.3. The molecule has 1 saturated heterocycles. The minimum absolute atomic E-state index is 0.00645. The number of hydrogen-bond donors (Lipinski definition) is 3. The molecule has 4 aromatic carbocycles. The normalized spacial score (nSPS) is 20.4. The zero-order valence-corrected chi connectivity index (χ0v) is 35.1. The van der Waals surface area contributed by atoms with Crippen molar-refractivity contribution >= 4 is 63.3 Å². The van der Waals surface area contributed by atoms with E-state index in [1.54, 1.807) is 7.11 Å². The third-order valence-corrected chi connectivity index (χ3v) is 16.8. The molecular weight excluding hydrogens is 801 g/mol. The minimum Gasteiger partial charge on any atom is -0.497 e. The smallest absolute Gasteiger partial charge is 0.264 e. The Bertz CT molecular complexity index is 2430. The third-order valence-electron chi connectivity index (χ3n) is 12.0. The summed E-state index contributed by atoms with van der Waals surface area (Å²) in [5.74, 6) is 0.422. The maximum atomic E-state index is 15.3. The Morgan fingerprint density at radius 2 is 1.88 bits per heavy atom. The third kappa shape index (κ3) is 7.22. The van der Waals surface area contributed by atoms with Gasteiger partial charge in [-0.1, -0.05) is 88.8 Å². The SMILES string of the molecule is COc1ccc([Si](C)(C)[C@H]2[C@H](CCn3cc(CCO)nn3)O[C@@]3(C(=O)N(Cc4cccc(NC(=O)Cc5c[nH]c6ccccc56)c4)c4ccc(Br)cc43)[C@@H]2C)cc1. The number of anilines is 2. The second kappa shape index (κ2) is 15.7. The number of ether oxygens (including phenoxy) is 2. The van der Waals surface area contributed by atoms with Crippen LogP contribution in [0.15, 0.2) is 108 Å². The maximum absolute atomic E-state index is 15.3. The van der Waals surface area contributed by atoms with Gasteiger partial charge in [0, 0.05) is 64.5 Å². The first-order valence-corrected chi connectivity index (χ1v) is 23.3. The van der Waals surface area contributed by atoms with Crippen molar-refractivity contribution in [3.8, 4) is 5.75 Å². The first-order valence-electron chi connectivity index (χ1n) is 19.4. The summed E-state index contributed by atoms with van der Waals surface area (Å²) >= 11 is 3.72. The van der Waals surface area contributed by atoms with Crippen LogP contribution in [0.25, 0.3) is 10.9 Å². The van der Waals surface area contributed by atoms with Crippen molar-refractivity contribution in [1.29, 1.82) is 0 Å².